The highest BCUT2D eigenvalue weighted by Gasteiger charge is 2.21. The Labute approximate surface area is 151 Å². The molecule has 4 nitrogen and oxygen atoms in total. The van der Waals surface area contributed by atoms with Crippen molar-refractivity contribution in [2.24, 2.45) is 0 Å². The Hall–Kier alpha value is -2.01. The van der Waals surface area contributed by atoms with Crippen LogP contribution in [0.3, 0.4) is 0 Å². The summed E-state index contributed by atoms with van der Waals surface area (Å²) in [6.45, 7) is -0.502. The summed E-state index contributed by atoms with van der Waals surface area (Å²) in [4.78, 5) is 24.2. The summed E-state index contributed by atoms with van der Waals surface area (Å²) in [5.41, 5.74) is 0.497. The van der Waals surface area contributed by atoms with Crippen LogP contribution < -0.4 is 0 Å². The van der Waals surface area contributed by atoms with Gasteiger partial charge in [0.2, 0.25) is 5.78 Å². The van der Waals surface area contributed by atoms with Crippen molar-refractivity contribution in [1.29, 1.82) is 0 Å². The number of benzene rings is 2. The first kappa shape index (κ1) is 16.8. The number of carbonyl (C=O) groups excluding carboxylic acids is 2. The molecule has 0 aliphatic rings. The second-order valence-electron chi connectivity index (χ2n) is 4.87. The number of hydrogen-bond donors (Lipinski definition) is 0. The molecule has 0 aliphatic heterocycles. The molecule has 0 unspecified atom stereocenters. The zero-order chi connectivity index (χ0) is 17.3. The molecule has 0 N–H and O–H groups in total. The fourth-order valence-corrected chi connectivity index (χ4v) is 2.79. The number of hydrogen-bond acceptors (Lipinski definition) is 4. The monoisotopic (exact) mass is 382 g/mol. The van der Waals surface area contributed by atoms with Crippen LogP contribution >= 0.6 is 34.8 Å². The smallest absolute Gasteiger partial charge is 0.341 e. The number of halogens is 3. The van der Waals surface area contributed by atoms with E-state index in [-0.39, 0.29) is 26.4 Å². The fraction of sp³-hybridized carbons (Fsp3) is 0.0588. The standard InChI is InChI=1S/C17H9Cl3O4/c18-10-5-6-11(19)16(20)15(10)17(22)23-8-12(21)14-7-9-3-1-2-4-13(9)24-14/h1-7H,8H2. The summed E-state index contributed by atoms with van der Waals surface area (Å²) in [6, 6.07) is 11.6. The van der Waals surface area contributed by atoms with E-state index in [9.17, 15) is 9.59 Å². The molecule has 2 aromatic carbocycles. The van der Waals surface area contributed by atoms with Gasteiger partial charge in [-0.2, -0.15) is 0 Å². The zero-order valence-corrected chi connectivity index (χ0v) is 14.3. The maximum Gasteiger partial charge on any atom is 0.341 e. The molecule has 1 heterocycles. The van der Waals surface area contributed by atoms with Gasteiger partial charge in [-0.05, 0) is 24.3 Å². The number of rotatable bonds is 4. The molecule has 24 heavy (non-hydrogen) atoms. The van der Waals surface area contributed by atoms with Gasteiger partial charge in [0.25, 0.3) is 0 Å². The second kappa shape index (κ2) is 6.85. The highest BCUT2D eigenvalue weighted by molar-refractivity contribution is 6.46. The van der Waals surface area contributed by atoms with Gasteiger partial charge in [-0.25, -0.2) is 4.79 Å². The third kappa shape index (κ3) is 3.26. The van der Waals surface area contributed by atoms with E-state index in [0.717, 1.165) is 5.39 Å². The van der Waals surface area contributed by atoms with Gasteiger partial charge in [0.05, 0.1) is 20.6 Å². The minimum Gasteiger partial charge on any atom is -0.453 e. The van der Waals surface area contributed by atoms with E-state index in [2.05, 4.69) is 0 Å². The number of furan rings is 1. The normalized spacial score (nSPS) is 10.8. The van der Waals surface area contributed by atoms with E-state index in [1.807, 2.05) is 12.1 Å². The number of ether oxygens (including phenoxy) is 1. The molecule has 1 aromatic heterocycles. The van der Waals surface area contributed by atoms with Crippen LogP contribution in [-0.2, 0) is 4.74 Å². The number of esters is 1. The summed E-state index contributed by atoms with van der Waals surface area (Å²) >= 11 is 17.7. The van der Waals surface area contributed by atoms with Gasteiger partial charge in [0, 0.05) is 5.39 Å². The van der Waals surface area contributed by atoms with Crippen LogP contribution in [0.4, 0.5) is 0 Å². The average Bonchev–Trinajstić information content (AvgIpc) is 3.00. The first-order chi connectivity index (χ1) is 11.5. The van der Waals surface area contributed by atoms with Crippen molar-refractivity contribution in [3.05, 3.63) is 68.9 Å². The van der Waals surface area contributed by atoms with Gasteiger partial charge < -0.3 is 9.15 Å². The summed E-state index contributed by atoms with van der Waals surface area (Å²) in [5, 5.41) is 1.01. The number of carbonyl (C=O) groups is 2. The van der Waals surface area contributed by atoms with Crippen molar-refractivity contribution in [3.8, 4) is 0 Å². The van der Waals surface area contributed by atoms with Crippen molar-refractivity contribution in [1.82, 2.24) is 0 Å². The summed E-state index contributed by atoms with van der Waals surface area (Å²) < 4.78 is 10.4. The van der Waals surface area contributed by atoms with Crippen LogP contribution in [0, 0.1) is 0 Å². The van der Waals surface area contributed by atoms with Crippen LogP contribution in [0.5, 0.6) is 0 Å². The summed E-state index contributed by atoms with van der Waals surface area (Å²) in [7, 11) is 0. The third-order valence-electron chi connectivity index (χ3n) is 3.28. The van der Waals surface area contributed by atoms with Crippen molar-refractivity contribution in [2.75, 3.05) is 6.61 Å². The molecule has 0 fully saturated rings. The summed E-state index contributed by atoms with van der Waals surface area (Å²) in [5.74, 6) is -1.21. The van der Waals surface area contributed by atoms with Gasteiger partial charge in [-0.3, -0.25) is 4.79 Å². The Kier molecular flexibility index (Phi) is 4.81. The Balaban J connectivity index is 1.74. The average molecular weight is 384 g/mol. The Morgan fingerprint density at radius 2 is 1.71 bits per heavy atom. The van der Waals surface area contributed by atoms with E-state index in [1.165, 1.54) is 12.1 Å². The van der Waals surface area contributed by atoms with Crippen LogP contribution in [0.2, 0.25) is 15.1 Å². The topological polar surface area (TPSA) is 56.5 Å². The second-order valence-corrected chi connectivity index (χ2v) is 6.06. The van der Waals surface area contributed by atoms with Crippen molar-refractivity contribution in [2.45, 2.75) is 0 Å². The van der Waals surface area contributed by atoms with E-state index < -0.39 is 18.4 Å². The summed E-state index contributed by atoms with van der Waals surface area (Å²) in [6.07, 6.45) is 0. The SMILES string of the molecule is O=C(COC(=O)c1c(Cl)ccc(Cl)c1Cl)c1cc2ccccc2o1. The number of ketones is 1. The first-order valence-electron chi connectivity index (χ1n) is 6.80. The van der Waals surface area contributed by atoms with Gasteiger partial charge in [0.1, 0.15) is 5.58 Å². The minimum atomic E-state index is -0.836. The molecule has 0 amide bonds. The molecule has 0 bridgehead atoms. The lowest BCUT2D eigenvalue weighted by molar-refractivity contribution is 0.0468. The van der Waals surface area contributed by atoms with Crippen LogP contribution in [0.25, 0.3) is 11.0 Å². The molecule has 122 valence electrons. The highest BCUT2D eigenvalue weighted by atomic mass is 35.5. The van der Waals surface area contributed by atoms with Gasteiger partial charge in [-0.15, -0.1) is 0 Å². The van der Waals surface area contributed by atoms with Crippen molar-refractivity contribution < 1.29 is 18.7 Å². The number of para-hydroxylation sites is 1. The fourth-order valence-electron chi connectivity index (χ4n) is 2.11. The number of fused-ring (bicyclic) bond motifs is 1. The van der Waals surface area contributed by atoms with E-state index >= 15 is 0 Å². The highest BCUT2D eigenvalue weighted by Crippen LogP contribution is 2.32. The number of Topliss-reactive ketones (excluding diaryl/α,β-unsaturated/α-hetero) is 1. The maximum atomic E-state index is 12.1. The van der Waals surface area contributed by atoms with Gasteiger partial charge >= 0.3 is 5.97 Å². The molecular weight excluding hydrogens is 375 g/mol. The molecular formula is C17H9Cl3O4. The lowest BCUT2D eigenvalue weighted by Gasteiger charge is -2.08. The molecule has 0 saturated carbocycles. The maximum absolute atomic E-state index is 12.1. The molecule has 0 aliphatic carbocycles. The zero-order valence-electron chi connectivity index (χ0n) is 12.0. The van der Waals surface area contributed by atoms with E-state index in [1.54, 1.807) is 18.2 Å². The van der Waals surface area contributed by atoms with Crippen LogP contribution in [-0.4, -0.2) is 18.4 Å². The molecule has 0 spiro atoms. The quantitative estimate of drug-likeness (QED) is 0.342. The molecule has 3 rings (SSSR count). The Bertz CT molecular complexity index is 913. The minimum absolute atomic E-state index is 0.0228. The van der Waals surface area contributed by atoms with Crippen LogP contribution in [0.15, 0.2) is 46.9 Å². The van der Waals surface area contributed by atoms with Crippen LogP contribution in [0.1, 0.15) is 20.9 Å². The van der Waals surface area contributed by atoms with Crippen molar-refractivity contribution >= 4 is 57.5 Å². The molecule has 7 heteroatoms. The molecule has 3 aromatic rings. The predicted molar refractivity (Wildman–Crippen MR) is 92.3 cm³/mol. The van der Waals surface area contributed by atoms with Gasteiger partial charge in [-0.1, -0.05) is 53.0 Å². The third-order valence-corrected chi connectivity index (χ3v) is 4.40. The first-order valence-corrected chi connectivity index (χ1v) is 7.93. The molecule has 0 saturated heterocycles. The Morgan fingerprint density at radius 1 is 1.00 bits per heavy atom. The predicted octanol–water partition coefficient (Wildman–Crippen LogP) is 5.43. The Morgan fingerprint density at radius 3 is 2.46 bits per heavy atom. The largest absolute Gasteiger partial charge is 0.453 e. The van der Waals surface area contributed by atoms with Gasteiger partial charge in [0.15, 0.2) is 12.4 Å². The molecule has 0 atom stereocenters. The molecule has 0 radical (unpaired) electrons. The lowest BCUT2D eigenvalue weighted by atomic mass is 10.2. The lowest BCUT2D eigenvalue weighted by Crippen LogP contribution is -2.14. The van der Waals surface area contributed by atoms with E-state index in [0.29, 0.717) is 5.58 Å². The van der Waals surface area contributed by atoms with Crippen molar-refractivity contribution in [3.63, 3.8) is 0 Å². The van der Waals surface area contributed by atoms with E-state index in [4.69, 9.17) is 44.0 Å².